The monoisotopic (exact) mass is 286 g/mol. The van der Waals surface area contributed by atoms with Crippen molar-refractivity contribution in [1.29, 1.82) is 0 Å². The molecular weight excluding hydrogens is 276 g/mol. The number of nitrogens with one attached hydrogen (secondary N) is 1. The van der Waals surface area contributed by atoms with Crippen LogP contribution in [0, 0.1) is 10.1 Å². The Hall–Kier alpha value is -2.15. The van der Waals surface area contributed by atoms with Gasteiger partial charge in [0, 0.05) is 18.7 Å². The number of amides is 1. The van der Waals surface area contributed by atoms with Crippen LogP contribution in [0.15, 0.2) is 18.2 Å². The number of carbonyl (C=O) groups excluding carboxylic acids is 1. The van der Waals surface area contributed by atoms with Crippen LogP contribution >= 0.6 is 11.6 Å². The molecule has 0 aliphatic carbocycles. The fourth-order valence-electron chi connectivity index (χ4n) is 1.34. The van der Waals surface area contributed by atoms with Crippen molar-refractivity contribution in [2.75, 3.05) is 6.54 Å². The van der Waals surface area contributed by atoms with E-state index in [0.717, 1.165) is 0 Å². The largest absolute Gasteiger partial charge is 0.481 e. The highest BCUT2D eigenvalue weighted by atomic mass is 35.5. The van der Waals surface area contributed by atoms with Gasteiger partial charge >= 0.3 is 5.97 Å². The molecule has 0 saturated carbocycles. The average Bonchev–Trinajstić information content (AvgIpc) is 2.31. The molecule has 0 aliphatic rings. The van der Waals surface area contributed by atoms with Crippen LogP contribution < -0.4 is 5.32 Å². The minimum absolute atomic E-state index is 0.0266. The van der Waals surface area contributed by atoms with Gasteiger partial charge in [0.15, 0.2) is 0 Å². The van der Waals surface area contributed by atoms with Crippen LogP contribution in [0.3, 0.4) is 0 Å². The zero-order valence-corrected chi connectivity index (χ0v) is 10.5. The summed E-state index contributed by atoms with van der Waals surface area (Å²) >= 11 is 5.82. The fourth-order valence-corrected chi connectivity index (χ4v) is 1.58. The molecule has 8 heteroatoms. The van der Waals surface area contributed by atoms with Gasteiger partial charge in [0.2, 0.25) is 5.91 Å². The Bertz CT molecular complexity index is 518. The second-order valence-electron chi connectivity index (χ2n) is 3.70. The summed E-state index contributed by atoms with van der Waals surface area (Å²) in [5, 5.41) is 21.5. The maximum absolute atomic E-state index is 11.5. The van der Waals surface area contributed by atoms with Gasteiger partial charge < -0.3 is 10.4 Å². The number of aliphatic carboxylic acids is 1. The van der Waals surface area contributed by atoms with E-state index in [1.807, 2.05) is 0 Å². The van der Waals surface area contributed by atoms with E-state index in [9.17, 15) is 19.7 Å². The predicted octanol–water partition coefficient (Wildman–Crippen LogP) is 1.38. The highest BCUT2D eigenvalue weighted by Crippen LogP contribution is 2.22. The third-order valence-electron chi connectivity index (χ3n) is 2.26. The SMILES string of the molecule is O=C(O)CCNC(=O)Cc1ccc([N+](=O)[O-])cc1Cl. The molecule has 7 nitrogen and oxygen atoms in total. The Kier molecular flexibility index (Phi) is 5.25. The van der Waals surface area contributed by atoms with E-state index in [4.69, 9.17) is 16.7 Å². The Morgan fingerprint density at radius 2 is 2.11 bits per heavy atom. The molecule has 0 aromatic heterocycles. The van der Waals surface area contributed by atoms with Gasteiger partial charge in [0.25, 0.3) is 5.69 Å². The molecule has 19 heavy (non-hydrogen) atoms. The van der Waals surface area contributed by atoms with Crippen molar-refractivity contribution in [2.24, 2.45) is 0 Å². The normalized spacial score (nSPS) is 9.95. The van der Waals surface area contributed by atoms with Crippen LogP contribution in [-0.4, -0.2) is 28.5 Å². The lowest BCUT2D eigenvalue weighted by Crippen LogP contribution is -2.27. The predicted molar refractivity (Wildman–Crippen MR) is 67.1 cm³/mol. The molecule has 0 saturated heterocycles. The summed E-state index contributed by atoms with van der Waals surface area (Å²) in [5.74, 6) is -1.40. The second-order valence-corrected chi connectivity index (χ2v) is 4.11. The van der Waals surface area contributed by atoms with Crippen LogP contribution in [0.25, 0.3) is 0 Å². The fraction of sp³-hybridized carbons (Fsp3) is 0.273. The first-order valence-electron chi connectivity index (χ1n) is 5.31. The van der Waals surface area contributed by atoms with Crippen molar-refractivity contribution in [2.45, 2.75) is 12.8 Å². The molecule has 0 aliphatic heterocycles. The Morgan fingerprint density at radius 1 is 1.42 bits per heavy atom. The molecule has 0 spiro atoms. The number of non-ortho nitro benzene ring substituents is 1. The lowest BCUT2D eigenvalue weighted by atomic mass is 10.1. The van der Waals surface area contributed by atoms with Gasteiger partial charge in [-0.1, -0.05) is 17.7 Å². The molecule has 1 aromatic carbocycles. The number of carboxylic acids is 1. The maximum Gasteiger partial charge on any atom is 0.305 e. The van der Waals surface area contributed by atoms with Crippen LogP contribution in [0.4, 0.5) is 5.69 Å². The lowest BCUT2D eigenvalue weighted by Gasteiger charge is -2.05. The molecule has 0 fully saturated rings. The van der Waals surface area contributed by atoms with Crippen LogP contribution in [0.5, 0.6) is 0 Å². The van der Waals surface area contributed by atoms with Crippen molar-refractivity contribution in [1.82, 2.24) is 5.32 Å². The maximum atomic E-state index is 11.5. The molecule has 1 aromatic rings. The third kappa shape index (κ3) is 4.92. The molecule has 0 heterocycles. The van der Waals surface area contributed by atoms with E-state index in [2.05, 4.69) is 5.32 Å². The first-order valence-corrected chi connectivity index (χ1v) is 5.69. The molecule has 102 valence electrons. The Balaban J connectivity index is 2.59. The van der Waals surface area contributed by atoms with E-state index in [-0.39, 0.29) is 30.1 Å². The molecule has 1 rings (SSSR count). The van der Waals surface area contributed by atoms with E-state index in [1.54, 1.807) is 0 Å². The quantitative estimate of drug-likeness (QED) is 0.606. The minimum atomic E-state index is -1.01. The molecular formula is C11H11ClN2O5. The summed E-state index contributed by atoms with van der Waals surface area (Å²) in [6.07, 6.45) is -0.226. The molecule has 0 unspecified atom stereocenters. The first-order chi connectivity index (χ1) is 8.90. The Labute approximate surface area is 113 Å². The third-order valence-corrected chi connectivity index (χ3v) is 2.61. The van der Waals surface area contributed by atoms with Gasteiger partial charge in [-0.3, -0.25) is 19.7 Å². The minimum Gasteiger partial charge on any atom is -0.481 e. The van der Waals surface area contributed by atoms with Gasteiger partial charge in [0.1, 0.15) is 0 Å². The second kappa shape index (κ2) is 6.69. The zero-order valence-electron chi connectivity index (χ0n) is 9.76. The van der Waals surface area contributed by atoms with E-state index >= 15 is 0 Å². The first kappa shape index (κ1) is 14.9. The number of carboxylic acid groups (broad SMARTS) is 1. The summed E-state index contributed by atoms with van der Waals surface area (Å²) in [5.41, 5.74) is 0.292. The number of hydrogen-bond acceptors (Lipinski definition) is 4. The summed E-state index contributed by atoms with van der Waals surface area (Å²) < 4.78 is 0. The molecule has 0 bridgehead atoms. The standard InChI is InChI=1S/C11H11ClN2O5/c12-9-6-8(14(18)19)2-1-7(9)5-10(15)13-4-3-11(16)17/h1-2,6H,3-5H2,(H,13,15)(H,16,17). The average molecular weight is 287 g/mol. The number of benzene rings is 1. The van der Waals surface area contributed by atoms with Gasteiger partial charge in [-0.25, -0.2) is 0 Å². The summed E-state index contributed by atoms with van der Waals surface area (Å²) in [7, 11) is 0. The van der Waals surface area contributed by atoms with Gasteiger partial charge in [0.05, 0.1) is 22.8 Å². The zero-order chi connectivity index (χ0) is 14.4. The number of nitro groups is 1. The summed E-state index contributed by atoms with van der Waals surface area (Å²) in [4.78, 5) is 31.6. The van der Waals surface area contributed by atoms with E-state index in [0.29, 0.717) is 5.56 Å². The summed E-state index contributed by atoms with van der Waals surface area (Å²) in [6.45, 7) is 0.0266. The summed E-state index contributed by atoms with van der Waals surface area (Å²) in [6, 6.07) is 3.82. The number of nitro benzene ring substituents is 1. The topological polar surface area (TPSA) is 110 Å². The number of carbonyl (C=O) groups is 2. The number of rotatable bonds is 6. The van der Waals surface area contributed by atoms with Gasteiger partial charge in [-0.05, 0) is 5.56 Å². The Morgan fingerprint density at radius 3 is 2.63 bits per heavy atom. The number of hydrogen-bond donors (Lipinski definition) is 2. The van der Waals surface area contributed by atoms with Crippen LogP contribution in [-0.2, 0) is 16.0 Å². The molecule has 1 amide bonds. The van der Waals surface area contributed by atoms with Crippen molar-refractivity contribution >= 4 is 29.2 Å². The van der Waals surface area contributed by atoms with E-state index < -0.39 is 16.8 Å². The highest BCUT2D eigenvalue weighted by molar-refractivity contribution is 6.31. The molecule has 0 atom stereocenters. The van der Waals surface area contributed by atoms with Crippen molar-refractivity contribution < 1.29 is 19.6 Å². The lowest BCUT2D eigenvalue weighted by molar-refractivity contribution is -0.384. The van der Waals surface area contributed by atoms with Crippen molar-refractivity contribution in [3.05, 3.63) is 38.9 Å². The van der Waals surface area contributed by atoms with Gasteiger partial charge in [-0.15, -0.1) is 0 Å². The van der Waals surface area contributed by atoms with E-state index in [1.165, 1.54) is 18.2 Å². The van der Waals surface area contributed by atoms with Gasteiger partial charge in [-0.2, -0.15) is 0 Å². The molecule has 2 N–H and O–H groups in total. The van der Waals surface area contributed by atoms with Crippen LogP contribution in [0.2, 0.25) is 5.02 Å². The highest BCUT2D eigenvalue weighted by Gasteiger charge is 2.12. The smallest absolute Gasteiger partial charge is 0.305 e. The van der Waals surface area contributed by atoms with Crippen molar-refractivity contribution in [3.63, 3.8) is 0 Å². The van der Waals surface area contributed by atoms with Crippen LogP contribution in [0.1, 0.15) is 12.0 Å². The molecule has 0 radical (unpaired) electrons. The number of nitrogens with zero attached hydrogens (tertiary/aromatic N) is 1. The van der Waals surface area contributed by atoms with Crippen molar-refractivity contribution in [3.8, 4) is 0 Å². The number of halogens is 1.